The lowest BCUT2D eigenvalue weighted by Crippen LogP contribution is -2.00. The summed E-state index contributed by atoms with van der Waals surface area (Å²) in [4.78, 5) is 5.56. The van der Waals surface area contributed by atoms with Gasteiger partial charge in [0.05, 0.1) is 5.37 Å². The van der Waals surface area contributed by atoms with Crippen molar-refractivity contribution in [1.82, 2.24) is 0 Å². The number of aliphatic imine (C=N–C) groups is 1. The first-order chi connectivity index (χ1) is 5.75. The summed E-state index contributed by atoms with van der Waals surface area (Å²) in [5.74, 6) is 0. The van der Waals surface area contributed by atoms with Gasteiger partial charge in [0.15, 0.2) is 0 Å². The smallest absolute Gasteiger partial charge is 0.0969 e. The molecular weight excluding hydrogens is 190 g/mol. The minimum absolute atomic E-state index is 0.332. The lowest BCUT2D eigenvalue weighted by Gasteiger charge is -2.14. The zero-order valence-electron chi connectivity index (χ0n) is 6.62. The van der Waals surface area contributed by atoms with Gasteiger partial charge in [-0.2, -0.15) is 0 Å². The van der Waals surface area contributed by atoms with Crippen molar-refractivity contribution in [3.63, 3.8) is 0 Å². The minimum Gasteiger partial charge on any atom is -0.278 e. The fraction of sp³-hybridized carbons (Fsp3) is 0.222. The van der Waals surface area contributed by atoms with Crippen LogP contribution in [0.5, 0.6) is 0 Å². The van der Waals surface area contributed by atoms with Crippen LogP contribution in [0.15, 0.2) is 28.1 Å². The molecule has 0 aromatic heterocycles. The van der Waals surface area contributed by atoms with Crippen LogP contribution in [0.25, 0.3) is 0 Å². The van der Waals surface area contributed by atoms with Gasteiger partial charge >= 0.3 is 0 Å². The Hall–Kier alpha value is -0.470. The average Bonchev–Trinajstić information content (AvgIpc) is 2.05. The topological polar surface area (TPSA) is 12.4 Å². The summed E-state index contributed by atoms with van der Waals surface area (Å²) in [7, 11) is 0. The highest BCUT2D eigenvalue weighted by Crippen LogP contribution is 2.31. The molecule has 2 rings (SSSR count). The van der Waals surface area contributed by atoms with Gasteiger partial charge in [0.1, 0.15) is 0 Å². The van der Waals surface area contributed by atoms with E-state index in [1.807, 2.05) is 24.4 Å². The van der Waals surface area contributed by atoms with Crippen LogP contribution in [0, 0.1) is 0 Å². The largest absolute Gasteiger partial charge is 0.278 e. The highest BCUT2D eigenvalue weighted by Gasteiger charge is 2.10. The molecule has 62 valence electrons. The maximum Gasteiger partial charge on any atom is 0.0969 e. The van der Waals surface area contributed by atoms with Crippen molar-refractivity contribution in [2.75, 3.05) is 0 Å². The minimum atomic E-state index is 0.332. The molecule has 1 aromatic rings. The van der Waals surface area contributed by atoms with Crippen LogP contribution < -0.4 is 0 Å². The van der Waals surface area contributed by atoms with E-state index in [-0.39, 0.29) is 0 Å². The van der Waals surface area contributed by atoms with E-state index in [1.54, 1.807) is 11.8 Å². The molecule has 0 amide bonds. The van der Waals surface area contributed by atoms with Crippen LogP contribution in [-0.2, 0) is 0 Å². The number of thioether (sulfide) groups is 1. The molecule has 12 heavy (non-hydrogen) atoms. The third-order valence-corrected chi connectivity index (χ3v) is 3.02. The Labute approximate surface area is 80.8 Å². The van der Waals surface area contributed by atoms with Crippen LogP contribution in [-0.4, -0.2) is 11.6 Å². The van der Waals surface area contributed by atoms with Gasteiger partial charge in [-0.15, -0.1) is 0 Å². The first-order valence-corrected chi connectivity index (χ1v) is 5.01. The van der Waals surface area contributed by atoms with Gasteiger partial charge in [0.25, 0.3) is 0 Å². The van der Waals surface area contributed by atoms with Crippen LogP contribution in [0.3, 0.4) is 0 Å². The zero-order chi connectivity index (χ0) is 8.55. The molecule has 1 heterocycles. The quantitative estimate of drug-likeness (QED) is 0.622. The maximum absolute atomic E-state index is 5.84. The highest BCUT2D eigenvalue weighted by atomic mass is 35.5. The summed E-state index contributed by atoms with van der Waals surface area (Å²) in [6.45, 7) is 2.08. The van der Waals surface area contributed by atoms with Crippen molar-refractivity contribution in [3.05, 3.63) is 28.8 Å². The lowest BCUT2D eigenvalue weighted by atomic mass is 10.2. The van der Waals surface area contributed by atoms with Crippen LogP contribution >= 0.6 is 23.4 Å². The second-order valence-corrected chi connectivity index (χ2v) is 4.47. The Morgan fingerprint density at radius 1 is 1.50 bits per heavy atom. The monoisotopic (exact) mass is 197 g/mol. The third kappa shape index (κ3) is 1.50. The zero-order valence-corrected chi connectivity index (χ0v) is 8.19. The molecule has 3 heteroatoms. The van der Waals surface area contributed by atoms with E-state index in [0.29, 0.717) is 5.37 Å². The SMILES string of the molecule is CC1N=Cc2cc(Cl)ccc2S1. The predicted octanol–water partition coefficient (Wildman–Crippen LogP) is 3.21. The Kier molecular flexibility index (Phi) is 2.11. The molecule has 1 atom stereocenters. The summed E-state index contributed by atoms with van der Waals surface area (Å²) in [5.41, 5.74) is 1.13. The van der Waals surface area contributed by atoms with Crippen LogP contribution in [0.2, 0.25) is 5.02 Å². The summed E-state index contributed by atoms with van der Waals surface area (Å²) < 4.78 is 0. The Bertz CT molecular complexity index is 335. The number of nitrogens with zero attached hydrogens (tertiary/aromatic N) is 1. The normalized spacial score (nSPS) is 20.7. The van der Waals surface area contributed by atoms with Gasteiger partial charge in [0.2, 0.25) is 0 Å². The van der Waals surface area contributed by atoms with Gasteiger partial charge in [-0.1, -0.05) is 23.4 Å². The fourth-order valence-electron chi connectivity index (χ4n) is 1.13. The highest BCUT2D eigenvalue weighted by molar-refractivity contribution is 8.00. The van der Waals surface area contributed by atoms with E-state index in [1.165, 1.54) is 4.90 Å². The molecule has 0 saturated heterocycles. The van der Waals surface area contributed by atoms with Gasteiger partial charge in [-0.25, -0.2) is 0 Å². The number of halogens is 1. The second-order valence-electron chi connectivity index (χ2n) is 2.68. The predicted molar refractivity (Wildman–Crippen MR) is 54.4 cm³/mol. The number of hydrogen-bond donors (Lipinski definition) is 0. The third-order valence-electron chi connectivity index (χ3n) is 1.69. The molecule has 0 saturated carbocycles. The van der Waals surface area contributed by atoms with Gasteiger partial charge in [-0.3, -0.25) is 4.99 Å². The van der Waals surface area contributed by atoms with E-state index in [0.717, 1.165) is 10.6 Å². The molecule has 0 bridgehead atoms. The van der Waals surface area contributed by atoms with Crippen molar-refractivity contribution in [3.8, 4) is 0 Å². The molecule has 0 spiro atoms. The summed E-state index contributed by atoms with van der Waals surface area (Å²) in [6.07, 6.45) is 1.89. The van der Waals surface area contributed by atoms with E-state index in [2.05, 4.69) is 11.9 Å². The Balaban J connectivity index is 2.47. The van der Waals surface area contributed by atoms with E-state index >= 15 is 0 Å². The van der Waals surface area contributed by atoms with Crippen LogP contribution in [0.4, 0.5) is 0 Å². The molecule has 0 fully saturated rings. The molecule has 1 aromatic carbocycles. The summed E-state index contributed by atoms with van der Waals surface area (Å²) in [6, 6.07) is 5.91. The Morgan fingerprint density at radius 2 is 2.33 bits per heavy atom. The number of benzene rings is 1. The number of fused-ring (bicyclic) bond motifs is 1. The Morgan fingerprint density at radius 3 is 3.17 bits per heavy atom. The van der Waals surface area contributed by atoms with E-state index in [4.69, 9.17) is 11.6 Å². The number of hydrogen-bond acceptors (Lipinski definition) is 2. The molecule has 1 aliphatic heterocycles. The molecule has 0 radical (unpaired) electrons. The molecule has 0 N–H and O–H groups in total. The first kappa shape index (κ1) is 8.14. The molecule has 1 nitrogen and oxygen atoms in total. The molecule has 1 aliphatic rings. The first-order valence-electron chi connectivity index (χ1n) is 3.75. The molecular formula is C9H8ClNS. The van der Waals surface area contributed by atoms with Crippen LogP contribution in [0.1, 0.15) is 12.5 Å². The van der Waals surface area contributed by atoms with E-state index in [9.17, 15) is 0 Å². The van der Waals surface area contributed by atoms with Crippen molar-refractivity contribution in [1.29, 1.82) is 0 Å². The summed E-state index contributed by atoms with van der Waals surface area (Å²) >= 11 is 7.61. The van der Waals surface area contributed by atoms with Gasteiger partial charge in [0, 0.05) is 21.7 Å². The van der Waals surface area contributed by atoms with Crippen molar-refractivity contribution < 1.29 is 0 Å². The standard InChI is InChI=1S/C9H8ClNS/c1-6-11-5-7-4-8(10)2-3-9(7)12-6/h2-6H,1H3. The van der Waals surface area contributed by atoms with E-state index < -0.39 is 0 Å². The van der Waals surface area contributed by atoms with Gasteiger partial charge in [-0.05, 0) is 25.1 Å². The van der Waals surface area contributed by atoms with Crippen molar-refractivity contribution in [2.45, 2.75) is 17.2 Å². The summed E-state index contributed by atoms with van der Waals surface area (Å²) in [5, 5.41) is 1.11. The van der Waals surface area contributed by atoms with Crippen molar-refractivity contribution >= 4 is 29.6 Å². The lowest BCUT2D eigenvalue weighted by molar-refractivity contribution is 1.04. The number of rotatable bonds is 0. The van der Waals surface area contributed by atoms with Crippen molar-refractivity contribution in [2.24, 2.45) is 4.99 Å². The molecule has 0 aliphatic carbocycles. The maximum atomic E-state index is 5.84. The second kappa shape index (κ2) is 3.11. The average molecular weight is 198 g/mol. The molecule has 1 unspecified atom stereocenters. The van der Waals surface area contributed by atoms with Gasteiger partial charge < -0.3 is 0 Å². The fourth-order valence-corrected chi connectivity index (χ4v) is 2.19.